The van der Waals surface area contributed by atoms with E-state index in [1.54, 1.807) is 0 Å². The van der Waals surface area contributed by atoms with Crippen molar-refractivity contribution in [2.24, 2.45) is 0 Å². The van der Waals surface area contributed by atoms with E-state index in [1.807, 2.05) is 12.1 Å². The normalized spacial score (nSPS) is 24.6. The second kappa shape index (κ2) is 5.96. The van der Waals surface area contributed by atoms with Crippen molar-refractivity contribution in [1.29, 1.82) is 0 Å². The van der Waals surface area contributed by atoms with Crippen LogP contribution in [0.15, 0.2) is 12.1 Å². The zero-order chi connectivity index (χ0) is 12.1. The van der Waals surface area contributed by atoms with Gasteiger partial charge in [0.15, 0.2) is 0 Å². The van der Waals surface area contributed by atoms with Crippen molar-refractivity contribution in [3.8, 4) is 0 Å². The van der Waals surface area contributed by atoms with Crippen LogP contribution < -0.4 is 5.32 Å². The van der Waals surface area contributed by atoms with Crippen molar-refractivity contribution in [2.75, 3.05) is 5.32 Å². The van der Waals surface area contributed by atoms with Crippen molar-refractivity contribution >= 4 is 5.82 Å². The molecule has 0 aromatic carbocycles. The maximum Gasteiger partial charge on any atom is 0.148 e. The quantitative estimate of drug-likeness (QED) is 0.839. The first-order chi connectivity index (χ1) is 8.28. The molecule has 0 aliphatic heterocycles. The number of aliphatic hydroxyl groups is 1. The fourth-order valence-electron chi connectivity index (χ4n) is 2.26. The molecule has 0 saturated heterocycles. The molecule has 0 atom stereocenters. The first kappa shape index (κ1) is 12.3. The SMILES string of the molecule is CCCc1ccc(NC2CCC(O)CC2)nn1. The standard InChI is InChI=1S/C13H21N3O/c1-2-3-11-6-9-13(16-15-11)14-10-4-7-12(17)8-5-10/h6,9-10,12,17H,2-5,7-8H2,1H3,(H,14,16). The second-order valence-electron chi connectivity index (χ2n) is 4.81. The molecule has 1 aliphatic carbocycles. The first-order valence-corrected chi connectivity index (χ1v) is 6.55. The topological polar surface area (TPSA) is 58.0 Å². The van der Waals surface area contributed by atoms with Gasteiger partial charge in [-0.25, -0.2) is 0 Å². The number of aryl methyl sites for hydroxylation is 1. The van der Waals surface area contributed by atoms with Crippen LogP contribution in [-0.2, 0) is 6.42 Å². The summed E-state index contributed by atoms with van der Waals surface area (Å²) in [5.74, 6) is 0.853. The highest BCUT2D eigenvalue weighted by atomic mass is 16.3. The van der Waals surface area contributed by atoms with Gasteiger partial charge in [0, 0.05) is 6.04 Å². The molecule has 1 heterocycles. The first-order valence-electron chi connectivity index (χ1n) is 6.55. The lowest BCUT2D eigenvalue weighted by Crippen LogP contribution is -2.28. The number of hydrogen-bond acceptors (Lipinski definition) is 4. The van der Waals surface area contributed by atoms with Crippen molar-refractivity contribution < 1.29 is 5.11 Å². The van der Waals surface area contributed by atoms with Gasteiger partial charge in [-0.1, -0.05) is 13.3 Å². The Morgan fingerprint density at radius 3 is 2.59 bits per heavy atom. The molecule has 0 radical (unpaired) electrons. The minimum Gasteiger partial charge on any atom is -0.393 e. The Kier molecular flexibility index (Phi) is 4.31. The van der Waals surface area contributed by atoms with Gasteiger partial charge in [0.05, 0.1) is 11.8 Å². The van der Waals surface area contributed by atoms with Crippen LogP contribution in [0.25, 0.3) is 0 Å². The van der Waals surface area contributed by atoms with Crippen LogP contribution in [0.4, 0.5) is 5.82 Å². The number of aliphatic hydroxyl groups excluding tert-OH is 1. The molecule has 1 aromatic heterocycles. The zero-order valence-corrected chi connectivity index (χ0v) is 10.4. The van der Waals surface area contributed by atoms with E-state index in [4.69, 9.17) is 0 Å². The lowest BCUT2D eigenvalue weighted by atomic mass is 9.93. The molecule has 0 bridgehead atoms. The summed E-state index contributed by atoms with van der Waals surface area (Å²) in [4.78, 5) is 0. The Bertz CT molecular complexity index is 331. The molecule has 1 aliphatic rings. The van der Waals surface area contributed by atoms with Gasteiger partial charge < -0.3 is 10.4 Å². The number of aromatic nitrogens is 2. The lowest BCUT2D eigenvalue weighted by Gasteiger charge is -2.26. The van der Waals surface area contributed by atoms with Gasteiger partial charge in [-0.3, -0.25) is 0 Å². The second-order valence-corrected chi connectivity index (χ2v) is 4.81. The molecule has 0 spiro atoms. The number of rotatable bonds is 4. The van der Waals surface area contributed by atoms with E-state index >= 15 is 0 Å². The van der Waals surface area contributed by atoms with Crippen molar-refractivity contribution in [3.63, 3.8) is 0 Å². The van der Waals surface area contributed by atoms with Gasteiger partial charge in [0.25, 0.3) is 0 Å². The maximum atomic E-state index is 9.43. The summed E-state index contributed by atoms with van der Waals surface area (Å²) < 4.78 is 0. The van der Waals surface area contributed by atoms with Crippen molar-refractivity contribution in [3.05, 3.63) is 17.8 Å². The molecule has 2 rings (SSSR count). The lowest BCUT2D eigenvalue weighted by molar-refractivity contribution is 0.126. The summed E-state index contributed by atoms with van der Waals surface area (Å²) >= 11 is 0. The van der Waals surface area contributed by atoms with E-state index in [1.165, 1.54) is 0 Å². The van der Waals surface area contributed by atoms with Gasteiger partial charge in [0.2, 0.25) is 0 Å². The molecular weight excluding hydrogens is 214 g/mol. The average molecular weight is 235 g/mol. The highest BCUT2D eigenvalue weighted by Crippen LogP contribution is 2.21. The number of nitrogens with zero attached hydrogens (tertiary/aromatic N) is 2. The molecule has 1 saturated carbocycles. The molecule has 0 amide bonds. The minimum absolute atomic E-state index is 0.105. The average Bonchev–Trinajstić information content (AvgIpc) is 2.35. The van der Waals surface area contributed by atoms with E-state index in [0.29, 0.717) is 6.04 Å². The highest BCUT2D eigenvalue weighted by molar-refractivity contribution is 5.34. The molecule has 4 nitrogen and oxygen atoms in total. The number of anilines is 1. The van der Waals surface area contributed by atoms with Gasteiger partial charge in [-0.05, 0) is 44.2 Å². The van der Waals surface area contributed by atoms with Crippen LogP contribution in [0.3, 0.4) is 0 Å². The van der Waals surface area contributed by atoms with Crippen LogP contribution >= 0.6 is 0 Å². The third kappa shape index (κ3) is 3.66. The van der Waals surface area contributed by atoms with E-state index in [-0.39, 0.29) is 6.10 Å². The minimum atomic E-state index is -0.105. The largest absolute Gasteiger partial charge is 0.393 e. The summed E-state index contributed by atoms with van der Waals surface area (Å²) in [7, 11) is 0. The summed E-state index contributed by atoms with van der Waals surface area (Å²) in [5, 5.41) is 21.2. The predicted octanol–water partition coefficient (Wildman–Crippen LogP) is 2.14. The van der Waals surface area contributed by atoms with Gasteiger partial charge in [0.1, 0.15) is 5.82 Å². The summed E-state index contributed by atoms with van der Waals surface area (Å²) in [6.45, 7) is 2.14. The molecule has 17 heavy (non-hydrogen) atoms. The highest BCUT2D eigenvalue weighted by Gasteiger charge is 2.19. The fourth-order valence-corrected chi connectivity index (χ4v) is 2.26. The Hall–Kier alpha value is -1.16. The van der Waals surface area contributed by atoms with Crippen molar-refractivity contribution in [2.45, 2.75) is 57.6 Å². The number of nitrogens with one attached hydrogen (secondary N) is 1. The monoisotopic (exact) mass is 235 g/mol. The zero-order valence-electron chi connectivity index (χ0n) is 10.4. The van der Waals surface area contributed by atoms with Crippen LogP contribution in [0.2, 0.25) is 0 Å². The van der Waals surface area contributed by atoms with Crippen molar-refractivity contribution in [1.82, 2.24) is 10.2 Å². The molecule has 2 N–H and O–H groups in total. The van der Waals surface area contributed by atoms with Crippen LogP contribution in [0, 0.1) is 0 Å². The van der Waals surface area contributed by atoms with Gasteiger partial charge >= 0.3 is 0 Å². The molecule has 94 valence electrons. The molecule has 1 fully saturated rings. The summed E-state index contributed by atoms with van der Waals surface area (Å²) in [5.41, 5.74) is 1.05. The predicted molar refractivity (Wildman–Crippen MR) is 67.9 cm³/mol. The molecule has 1 aromatic rings. The summed E-state index contributed by atoms with van der Waals surface area (Å²) in [6, 6.07) is 4.48. The molecule has 4 heteroatoms. The third-order valence-electron chi connectivity index (χ3n) is 3.27. The third-order valence-corrected chi connectivity index (χ3v) is 3.27. The number of hydrogen-bond donors (Lipinski definition) is 2. The van der Waals surface area contributed by atoms with Crippen LogP contribution in [0.1, 0.15) is 44.7 Å². The van der Waals surface area contributed by atoms with E-state index in [9.17, 15) is 5.11 Å². The van der Waals surface area contributed by atoms with E-state index in [2.05, 4.69) is 22.4 Å². The van der Waals surface area contributed by atoms with E-state index in [0.717, 1.165) is 50.0 Å². The Labute approximate surface area is 102 Å². The smallest absolute Gasteiger partial charge is 0.148 e. The van der Waals surface area contributed by atoms with Gasteiger partial charge in [-0.2, -0.15) is 5.10 Å². The Morgan fingerprint density at radius 2 is 2.00 bits per heavy atom. The fraction of sp³-hybridized carbons (Fsp3) is 0.692. The Balaban J connectivity index is 1.86. The molecular formula is C13H21N3O. The van der Waals surface area contributed by atoms with Crippen LogP contribution in [-0.4, -0.2) is 27.4 Å². The van der Waals surface area contributed by atoms with Gasteiger partial charge in [-0.15, -0.1) is 5.10 Å². The Morgan fingerprint density at radius 1 is 1.24 bits per heavy atom. The van der Waals surface area contributed by atoms with Crippen LogP contribution in [0.5, 0.6) is 0 Å². The summed E-state index contributed by atoms with van der Waals surface area (Å²) in [6.07, 6.45) is 5.79. The molecule has 0 unspecified atom stereocenters. The van der Waals surface area contributed by atoms with E-state index < -0.39 is 0 Å². The maximum absolute atomic E-state index is 9.43.